The highest BCUT2D eigenvalue weighted by atomic mass is 31.1. The minimum absolute atomic E-state index is 0.248. The molecule has 1 aromatic carbocycles. The third-order valence-electron chi connectivity index (χ3n) is 1.21. The van der Waals surface area contributed by atoms with E-state index in [1.165, 1.54) is 0 Å². The molecule has 0 saturated carbocycles. The Morgan fingerprint density at radius 1 is 1.30 bits per heavy atom. The van der Waals surface area contributed by atoms with Crippen molar-refractivity contribution in [3.63, 3.8) is 0 Å². The number of phenols is 1. The highest BCUT2D eigenvalue weighted by Gasteiger charge is 1.95. The first-order valence-corrected chi connectivity index (χ1v) is 4.07. The summed E-state index contributed by atoms with van der Waals surface area (Å²) >= 11 is 0. The summed E-state index contributed by atoms with van der Waals surface area (Å²) in [5.41, 5.74) is 0.992. The van der Waals surface area contributed by atoms with Crippen LogP contribution in [0.3, 0.4) is 0 Å². The van der Waals surface area contributed by atoms with Crippen LogP contribution in [0.2, 0.25) is 0 Å². The Kier molecular flexibility index (Phi) is 2.41. The van der Waals surface area contributed by atoms with E-state index in [2.05, 4.69) is 0 Å². The van der Waals surface area contributed by atoms with Gasteiger partial charge in [-0.2, -0.15) is 0 Å². The molecule has 1 N–H and O–H groups in total. The van der Waals surface area contributed by atoms with E-state index in [1.807, 2.05) is 0 Å². The van der Waals surface area contributed by atoms with Gasteiger partial charge >= 0.3 is 8.46 Å². The van der Waals surface area contributed by atoms with Gasteiger partial charge in [0, 0.05) is 0 Å². The maximum atomic E-state index is 10.1. The SMILES string of the molecule is O=[PH+]Cc1ccc(O)cc1. The third kappa shape index (κ3) is 1.82. The van der Waals surface area contributed by atoms with E-state index in [1.54, 1.807) is 24.3 Å². The van der Waals surface area contributed by atoms with Crippen LogP contribution in [0.15, 0.2) is 24.3 Å². The standard InChI is InChI=1S/C7H7O2P/c8-7-3-1-6(2-4-7)5-10-9/h1-4,8H,5H2/p+1. The van der Waals surface area contributed by atoms with Crippen LogP contribution >= 0.6 is 8.46 Å². The largest absolute Gasteiger partial charge is 0.508 e. The average molecular weight is 155 g/mol. The van der Waals surface area contributed by atoms with Gasteiger partial charge in [0.2, 0.25) is 0 Å². The Morgan fingerprint density at radius 2 is 1.90 bits per heavy atom. The van der Waals surface area contributed by atoms with E-state index in [-0.39, 0.29) is 14.2 Å². The molecule has 1 atom stereocenters. The zero-order valence-electron chi connectivity index (χ0n) is 5.37. The molecule has 0 fully saturated rings. The molecular weight excluding hydrogens is 147 g/mol. The minimum Gasteiger partial charge on any atom is -0.508 e. The van der Waals surface area contributed by atoms with Crippen molar-refractivity contribution in [3.05, 3.63) is 29.8 Å². The Labute approximate surface area is 60.7 Å². The van der Waals surface area contributed by atoms with E-state index in [4.69, 9.17) is 5.11 Å². The molecule has 2 nitrogen and oxygen atoms in total. The summed E-state index contributed by atoms with van der Waals surface area (Å²) in [6.45, 7) is 0. The van der Waals surface area contributed by atoms with E-state index in [0.29, 0.717) is 6.16 Å². The molecule has 0 aliphatic carbocycles. The van der Waals surface area contributed by atoms with Crippen LogP contribution in [0.4, 0.5) is 0 Å². The van der Waals surface area contributed by atoms with Crippen molar-refractivity contribution in [3.8, 4) is 5.75 Å². The highest BCUT2D eigenvalue weighted by Crippen LogP contribution is 2.13. The lowest BCUT2D eigenvalue weighted by atomic mass is 10.2. The van der Waals surface area contributed by atoms with Crippen molar-refractivity contribution in [1.29, 1.82) is 0 Å². The quantitative estimate of drug-likeness (QED) is 0.662. The zero-order chi connectivity index (χ0) is 7.40. The second-order valence-electron chi connectivity index (χ2n) is 1.99. The van der Waals surface area contributed by atoms with Gasteiger partial charge in [-0.15, -0.1) is 0 Å². The minimum atomic E-state index is -0.300. The summed E-state index contributed by atoms with van der Waals surface area (Å²) in [7, 11) is -0.300. The smallest absolute Gasteiger partial charge is 0.329 e. The number of benzene rings is 1. The zero-order valence-corrected chi connectivity index (χ0v) is 6.37. The van der Waals surface area contributed by atoms with Crippen molar-refractivity contribution in [2.24, 2.45) is 0 Å². The second-order valence-corrected chi connectivity index (χ2v) is 2.63. The van der Waals surface area contributed by atoms with Gasteiger partial charge < -0.3 is 5.11 Å². The van der Waals surface area contributed by atoms with E-state index in [9.17, 15) is 4.57 Å². The Hall–Kier alpha value is -0.880. The summed E-state index contributed by atoms with van der Waals surface area (Å²) in [6.07, 6.45) is 0.570. The van der Waals surface area contributed by atoms with Crippen molar-refractivity contribution in [2.75, 3.05) is 0 Å². The molecule has 0 spiro atoms. The van der Waals surface area contributed by atoms with Gasteiger partial charge in [0.25, 0.3) is 0 Å². The van der Waals surface area contributed by atoms with E-state index in [0.717, 1.165) is 5.56 Å². The molecule has 0 radical (unpaired) electrons. The van der Waals surface area contributed by atoms with Crippen LogP contribution in [-0.2, 0) is 10.7 Å². The van der Waals surface area contributed by atoms with Gasteiger partial charge in [-0.3, -0.25) is 0 Å². The first-order chi connectivity index (χ1) is 4.83. The maximum absolute atomic E-state index is 10.1. The Bertz CT molecular complexity index is 218. The number of aromatic hydroxyl groups is 1. The van der Waals surface area contributed by atoms with Gasteiger partial charge in [0.15, 0.2) is 6.16 Å². The molecule has 10 heavy (non-hydrogen) atoms. The lowest BCUT2D eigenvalue weighted by Gasteiger charge is -1.90. The molecule has 52 valence electrons. The van der Waals surface area contributed by atoms with E-state index >= 15 is 0 Å². The predicted molar refractivity (Wildman–Crippen MR) is 40.8 cm³/mol. The summed E-state index contributed by atoms with van der Waals surface area (Å²) in [5.74, 6) is 0.248. The van der Waals surface area contributed by atoms with E-state index < -0.39 is 0 Å². The molecule has 0 amide bonds. The molecule has 0 bridgehead atoms. The van der Waals surface area contributed by atoms with Crippen molar-refractivity contribution in [2.45, 2.75) is 6.16 Å². The lowest BCUT2D eigenvalue weighted by Crippen LogP contribution is -1.73. The molecule has 3 heteroatoms. The summed E-state index contributed by atoms with van der Waals surface area (Å²) in [4.78, 5) is 0. The molecule has 1 rings (SSSR count). The van der Waals surface area contributed by atoms with Crippen molar-refractivity contribution >= 4 is 8.46 Å². The lowest BCUT2D eigenvalue weighted by molar-refractivity contribution is 0.475. The number of hydrogen-bond acceptors (Lipinski definition) is 2. The number of rotatable bonds is 2. The second kappa shape index (κ2) is 3.33. The Morgan fingerprint density at radius 3 is 2.40 bits per heavy atom. The summed E-state index contributed by atoms with van der Waals surface area (Å²) in [5, 5.41) is 8.85. The highest BCUT2D eigenvalue weighted by molar-refractivity contribution is 7.22. The molecule has 1 unspecified atom stereocenters. The fourth-order valence-electron chi connectivity index (χ4n) is 0.697. The number of hydrogen-bond donors (Lipinski definition) is 1. The first kappa shape index (κ1) is 7.23. The molecule has 1 aromatic rings. The average Bonchev–Trinajstić information content (AvgIpc) is 1.95. The fourth-order valence-corrected chi connectivity index (χ4v) is 1.10. The molecule has 0 aliphatic rings. The van der Waals surface area contributed by atoms with Crippen LogP contribution in [0.1, 0.15) is 5.56 Å². The number of phenolic OH excluding ortho intramolecular Hbond substituents is 1. The van der Waals surface area contributed by atoms with Gasteiger partial charge in [0.05, 0.1) is 0 Å². The van der Waals surface area contributed by atoms with Crippen molar-refractivity contribution < 1.29 is 9.67 Å². The van der Waals surface area contributed by atoms with Crippen LogP contribution in [0.5, 0.6) is 5.75 Å². The summed E-state index contributed by atoms with van der Waals surface area (Å²) < 4.78 is 10.1. The Balaban J connectivity index is 2.78. The van der Waals surface area contributed by atoms with Gasteiger partial charge in [-0.25, -0.2) is 0 Å². The van der Waals surface area contributed by atoms with Crippen molar-refractivity contribution in [1.82, 2.24) is 0 Å². The monoisotopic (exact) mass is 155 g/mol. The fraction of sp³-hybridized carbons (Fsp3) is 0.143. The summed E-state index contributed by atoms with van der Waals surface area (Å²) in [6, 6.07) is 6.71. The molecule has 0 aromatic heterocycles. The molecule has 0 heterocycles. The molecular formula is C7H8O2P+. The normalized spacial score (nSPS) is 10.0. The van der Waals surface area contributed by atoms with Crippen LogP contribution in [0.25, 0.3) is 0 Å². The van der Waals surface area contributed by atoms with Crippen LogP contribution in [0, 0.1) is 0 Å². The van der Waals surface area contributed by atoms with Gasteiger partial charge in [0.1, 0.15) is 5.75 Å². The maximum Gasteiger partial charge on any atom is 0.329 e. The third-order valence-corrected chi connectivity index (χ3v) is 1.77. The predicted octanol–water partition coefficient (Wildman–Crippen LogP) is 1.92. The molecule has 0 saturated heterocycles. The van der Waals surface area contributed by atoms with Gasteiger partial charge in [-0.1, -0.05) is 16.7 Å². The van der Waals surface area contributed by atoms with Crippen LogP contribution in [-0.4, -0.2) is 5.11 Å². The van der Waals surface area contributed by atoms with Gasteiger partial charge in [-0.05, 0) is 17.7 Å². The first-order valence-electron chi connectivity index (χ1n) is 2.96. The van der Waals surface area contributed by atoms with Crippen LogP contribution < -0.4 is 0 Å². The topological polar surface area (TPSA) is 37.3 Å². The molecule has 0 aliphatic heterocycles.